The highest BCUT2D eigenvalue weighted by Crippen LogP contribution is 2.24. The number of carbonyl (C=O) groups excluding carboxylic acids is 1. The molecule has 0 heterocycles. The normalized spacial score (nSPS) is 13.3. The first kappa shape index (κ1) is 17.0. The number of hydrogen-bond acceptors (Lipinski definition) is 4. The van der Waals surface area contributed by atoms with Gasteiger partial charge in [0, 0.05) is 11.4 Å². The summed E-state index contributed by atoms with van der Waals surface area (Å²) in [6.45, 7) is 5.74. The van der Waals surface area contributed by atoms with Gasteiger partial charge >= 0.3 is 0 Å². The molecule has 1 amide bonds. The van der Waals surface area contributed by atoms with Gasteiger partial charge in [-0.3, -0.25) is 9.69 Å². The van der Waals surface area contributed by atoms with Crippen molar-refractivity contribution >= 4 is 23.4 Å². The molecule has 0 aromatic heterocycles. The zero-order chi connectivity index (χ0) is 15.3. The fourth-order valence-corrected chi connectivity index (χ4v) is 2.49. The third-order valence-corrected chi connectivity index (χ3v) is 3.84. The van der Waals surface area contributed by atoms with Crippen molar-refractivity contribution in [2.24, 2.45) is 0 Å². The van der Waals surface area contributed by atoms with Crippen molar-refractivity contribution in [1.29, 1.82) is 0 Å². The molecule has 0 aliphatic rings. The van der Waals surface area contributed by atoms with E-state index in [2.05, 4.69) is 5.32 Å². The molecule has 1 aromatic rings. The number of rotatable bonds is 6. The van der Waals surface area contributed by atoms with Gasteiger partial charge in [0.15, 0.2) is 0 Å². The summed E-state index contributed by atoms with van der Waals surface area (Å²) >= 11 is 1.60. The number of aliphatic hydroxyl groups is 1. The molecule has 5 heteroatoms. The molecule has 1 rings (SSSR count). The molecule has 1 aromatic carbocycles. The lowest BCUT2D eigenvalue weighted by molar-refractivity contribution is -0.121. The number of likely N-dealkylation sites (N-methyl/N-ethyl adjacent to an activating group) is 1. The molecule has 2 N–H and O–H groups in total. The second kappa shape index (κ2) is 7.11. The van der Waals surface area contributed by atoms with Gasteiger partial charge in [0.2, 0.25) is 5.91 Å². The monoisotopic (exact) mass is 296 g/mol. The van der Waals surface area contributed by atoms with Crippen molar-refractivity contribution in [2.75, 3.05) is 25.2 Å². The van der Waals surface area contributed by atoms with Crippen LogP contribution in [0.15, 0.2) is 29.2 Å². The predicted molar refractivity (Wildman–Crippen MR) is 85.2 cm³/mol. The van der Waals surface area contributed by atoms with Crippen LogP contribution in [0.3, 0.4) is 0 Å². The fraction of sp³-hybridized carbons (Fsp3) is 0.533. The minimum atomic E-state index is -0.819. The van der Waals surface area contributed by atoms with Crippen LogP contribution in [-0.2, 0) is 4.79 Å². The third kappa shape index (κ3) is 5.15. The molecule has 0 spiro atoms. The minimum absolute atomic E-state index is 0.0711. The lowest BCUT2D eigenvalue weighted by Crippen LogP contribution is -2.46. The summed E-state index contributed by atoms with van der Waals surface area (Å²) < 4.78 is 0. The molecule has 112 valence electrons. The van der Waals surface area contributed by atoms with Crippen LogP contribution in [0.4, 0.5) is 5.69 Å². The van der Waals surface area contributed by atoms with Crippen molar-refractivity contribution in [3.05, 3.63) is 24.3 Å². The SMILES string of the molecule is CSc1ccccc1NC(=O)C(C)N(C)CC(C)(C)O. The van der Waals surface area contributed by atoms with Gasteiger partial charge in [0.05, 0.1) is 17.3 Å². The van der Waals surface area contributed by atoms with E-state index in [0.717, 1.165) is 10.6 Å². The van der Waals surface area contributed by atoms with E-state index in [1.165, 1.54) is 0 Å². The van der Waals surface area contributed by atoms with E-state index in [9.17, 15) is 9.90 Å². The van der Waals surface area contributed by atoms with Gasteiger partial charge in [-0.05, 0) is 46.2 Å². The van der Waals surface area contributed by atoms with Crippen molar-refractivity contribution in [1.82, 2.24) is 4.90 Å². The molecule has 1 atom stereocenters. The predicted octanol–water partition coefficient (Wildman–Crippen LogP) is 2.44. The maximum absolute atomic E-state index is 12.3. The Kier molecular flexibility index (Phi) is 6.05. The molecule has 4 nitrogen and oxygen atoms in total. The van der Waals surface area contributed by atoms with Gasteiger partial charge < -0.3 is 10.4 Å². The first-order valence-electron chi connectivity index (χ1n) is 6.61. The van der Waals surface area contributed by atoms with Crippen molar-refractivity contribution in [3.63, 3.8) is 0 Å². The van der Waals surface area contributed by atoms with Crippen LogP contribution in [0.2, 0.25) is 0 Å². The van der Waals surface area contributed by atoms with E-state index >= 15 is 0 Å². The van der Waals surface area contributed by atoms with Crippen LogP contribution in [0.1, 0.15) is 20.8 Å². The van der Waals surface area contributed by atoms with Crippen LogP contribution >= 0.6 is 11.8 Å². The number of thioether (sulfide) groups is 1. The Morgan fingerprint density at radius 1 is 1.45 bits per heavy atom. The molecule has 0 radical (unpaired) electrons. The summed E-state index contributed by atoms with van der Waals surface area (Å²) in [5.74, 6) is -0.0711. The number of hydrogen-bond donors (Lipinski definition) is 2. The standard InChI is InChI=1S/C15H24N2O2S/c1-11(17(4)10-15(2,3)19)14(18)16-12-8-6-7-9-13(12)20-5/h6-9,11,19H,10H2,1-5H3,(H,16,18). The molecule has 0 bridgehead atoms. The summed E-state index contributed by atoms with van der Waals surface area (Å²) in [6, 6.07) is 7.42. The molecular formula is C15H24N2O2S. The van der Waals surface area contributed by atoms with Gasteiger partial charge in [-0.25, -0.2) is 0 Å². The highest BCUT2D eigenvalue weighted by Gasteiger charge is 2.24. The number of amides is 1. The maximum Gasteiger partial charge on any atom is 0.241 e. The summed E-state index contributed by atoms with van der Waals surface area (Å²) in [4.78, 5) is 15.1. The molecule has 0 saturated heterocycles. The number of benzene rings is 1. The Morgan fingerprint density at radius 2 is 2.05 bits per heavy atom. The summed E-state index contributed by atoms with van der Waals surface area (Å²) in [5, 5.41) is 12.8. The third-order valence-electron chi connectivity index (χ3n) is 3.04. The first-order valence-corrected chi connectivity index (χ1v) is 7.83. The maximum atomic E-state index is 12.3. The molecule has 20 heavy (non-hydrogen) atoms. The number of nitrogens with one attached hydrogen (secondary N) is 1. The summed E-state index contributed by atoms with van der Waals surface area (Å²) in [6.07, 6.45) is 1.98. The van der Waals surface area contributed by atoms with Gasteiger partial charge in [-0.15, -0.1) is 11.8 Å². The van der Waals surface area contributed by atoms with E-state index in [4.69, 9.17) is 0 Å². The van der Waals surface area contributed by atoms with Gasteiger partial charge in [0.1, 0.15) is 0 Å². The van der Waals surface area contributed by atoms with Crippen LogP contribution in [0.25, 0.3) is 0 Å². The number of carbonyl (C=O) groups is 1. The smallest absolute Gasteiger partial charge is 0.241 e. The fourth-order valence-electron chi connectivity index (χ4n) is 1.93. The molecule has 0 aliphatic carbocycles. The van der Waals surface area contributed by atoms with E-state index in [-0.39, 0.29) is 11.9 Å². The van der Waals surface area contributed by atoms with Gasteiger partial charge in [-0.1, -0.05) is 12.1 Å². The molecule has 0 fully saturated rings. The highest BCUT2D eigenvalue weighted by molar-refractivity contribution is 7.98. The highest BCUT2D eigenvalue weighted by atomic mass is 32.2. The van der Waals surface area contributed by atoms with E-state index in [1.54, 1.807) is 25.6 Å². The zero-order valence-electron chi connectivity index (χ0n) is 12.8. The molecule has 0 saturated carbocycles. The van der Waals surface area contributed by atoms with E-state index < -0.39 is 5.60 Å². The number of anilines is 1. The number of nitrogens with zero attached hydrogens (tertiary/aromatic N) is 1. The average molecular weight is 296 g/mol. The molecule has 1 unspecified atom stereocenters. The van der Waals surface area contributed by atoms with Crippen LogP contribution in [0, 0.1) is 0 Å². The average Bonchev–Trinajstić information content (AvgIpc) is 2.36. The van der Waals surface area contributed by atoms with Crippen LogP contribution in [-0.4, -0.2) is 47.4 Å². The Bertz CT molecular complexity index is 457. The topological polar surface area (TPSA) is 52.6 Å². The Hall–Kier alpha value is -1.04. The minimum Gasteiger partial charge on any atom is -0.389 e. The Labute approximate surface area is 125 Å². The first-order chi connectivity index (χ1) is 9.24. The zero-order valence-corrected chi connectivity index (χ0v) is 13.6. The van der Waals surface area contributed by atoms with Gasteiger partial charge in [0.25, 0.3) is 0 Å². The Morgan fingerprint density at radius 3 is 2.60 bits per heavy atom. The largest absolute Gasteiger partial charge is 0.389 e. The second-order valence-corrected chi connectivity index (χ2v) is 6.44. The van der Waals surface area contributed by atoms with E-state index in [1.807, 2.05) is 49.4 Å². The van der Waals surface area contributed by atoms with Crippen molar-refractivity contribution in [3.8, 4) is 0 Å². The quantitative estimate of drug-likeness (QED) is 0.792. The lowest BCUT2D eigenvalue weighted by Gasteiger charge is -2.29. The summed E-state index contributed by atoms with van der Waals surface area (Å²) in [7, 11) is 1.84. The molecular weight excluding hydrogens is 272 g/mol. The van der Waals surface area contributed by atoms with E-state index in [0.29, 0.717) is 6.54 Å². The lowest BCUT2D eigenvalue weighted by atomic mass is 10.1. The van der Waals surface area contributed by atoms with Crippen molar-refractivity contribution < 1.29 is 9.90 Å². The van der Waals surface area contributed by atoms with Crippen LogP contribution in [0.5, 0.6) is 0 Å². The van der Waals surface area contributed by atoms with Crippen molar-refractivity contribution in [2.45, 2.75) is 37.3 Å². The summed E-state index contributed by atoms with van der Waals surface area (Å²) in [5.41, 5.74) is 0.00834. The Balaban J connectivity index is 2.70. The second-order valence-electron chi connectivity index (χ2n) is 5.59. The number of para-hydroxylation sites is 1. The van der Waals surface area contributed by atoms with Crippen LogP contribution < -0.4 is 5.32 Å². The van der Waals surface area contributed by atoms with Gasteiger partial charge in [-0.2, -0.15) is 0 Å². The molecule has 0 aliphatic heterocycles.